The molecule has 1 aliphatic heterocycles. The first-order valence-electron chi connectivity index (χ1n) is 9.39. The highest BCUT2D eigenvalue weighted by molar-refractivity contribution is 5.98. The van der Waals surface area contributed by atoms with E-state index < -0.39 is 0 Å². The van der Waals surface area contributed by atoms with Gasteiger partial charge >= 0.3 is 6.03 Å². The first-order valence-corrected chi connectivity index (χ1v) is 9.39. The van der Waals surface area contributed by atoms with Crippen LogP contribution < -0.4 is 20.3 Å². The van der Waals surface area contributed by atoms with Crippen molar-refractivity contribution in [2.75, 3.05) is 31.1 Å². The van der Waals surface area contributed by atoms with Gasteiger partial charge in [-0.15, -0.1) is 0 Å². The standard InChI is InChI=1S/C21H23N3O3/c25-20(17-5-2-6-18(13-17)24-11-9-23-21(24)26)22-10-12-27-19-8-7-15-3-1-4-16(15)14-19/h2,5-8,13-14H,1,3-4,9-12H2,(H,22,25)(H,23,26). The van der Waals surface area contributed by atoms with Crippen molar-refractivity contribution in [2.45, 2.75) is 19.3 Å². The second-order valence-corrected chi connectivity index (χ2v) is 6.82. The largest absolute Gasteiger partial charge is 0.492 e. The zero-order valence-corrected chi connectivity index (χ0v) is 15.2. The van der Waals surface area contributed by atoms with Crippen molar-refractivity contribution in [2.24, 2.45) is 0 Å². The third-order valence-electron chi connectivity index (χ3n) is 5.00. The molecule has 4 rings (SSSR count). The minimum absolute atomic E-state index is 0.129. The van der Waals surface area contributed by atoms with E-state index >= 15 is 0 Å². The van der Waals surface area contributed by atoms with E-state index in [1.54, 1.807) is 23.1 Å². The van der Waals surface area contributed by atoms with E-state index in [4.69, 9.17) is 4.74 Å². The normalized spacial score (nSPS) is 15.4. The summed E-state index contributed by atoms with van der Waals surface area (Å²) in [6.45, 7) is 2.07. The minimum Gasteiger partial charge on any atom is -0.492 e. The predicted molar refractivity (Wildman–Crippen MR) is 103 cm³/mol. The first-order chi connectivity index (χ1) is 13.2. The van der Waals surface area contributed by atoms with Gasteiger partial charge in [0.1, 0.15) is 12.4 Å². The molecule has 1 heterocycles. The van der Waals surface area contributed by atoms with Crippen LogP contribution in [0.15, 0.2) is 42.5 Å². The van der Waals surface area contributed by atoms with Crippen LogP contribution >= 0.6 is 0 Å². The van der Waals surface area contributed by atoms with Crippen molar-refractivity contribution in [3.8, 4) is 5.75 Å². The van der Waals surface area contributed by atoms with Crippen molar-refractivity contribution in [3.63, 3.8) is 0 Å². The quantitative estimate of drug-likeness (QED) is 0.773. The number of nitrogens with zero attached hydrogens (tertiary/aromatic N) is 1. The van der Waals surface area contributed by atoms with Crippen molar-refractivity contribution in [1.82, 2.24) is 10.6 Å². The fourth-order valence-corrected chi connectivity index (χ4v) is 3.61. The molecule has 0 saturated carbocycles. The highest BCUT2D eigenvalue weighted by Gasteiger charge is 2.21. The number of nitrogens with one attached hydrogen (secondary N) is 2. The zero-order chi connectivity index (χ0) is 18.6. The van der Waals surface area contributed by atoms with E-state index in [1.807, 2.05) is 12.1 Å². The Morgan fingerprint density at radius 1 is 1.15 bits per heavy atom. The maximum absolute atomic E-state index is 12.4. The summed E-state index contributed by atoms with van der Waals surface area (Å²) in [5.74, 6) is 0.681. The molecule has 0 radical (unpaired) electrons. The van der Waals surface area contributed by atoms with Crippen LogP contribution in [0, 0.1) is 0 Å². The third-order valence-corrected chi connectivity index (χ3v) is 5.00. The summed E-state index contributed by atoms with van der Waals surface area (Å²) >= 11 is 0. The number of rotatable bonds is 6. The van der Waals surface area contributed by atoms with Gasteiger partial charge in [0.15, 0.2) is 0 Å². The highest BCUT2D eigenvalue weighted by Crippen LogP contribution is 2.26. The van der Waals surface area contributed by atoms with Gasteiger partial charge in [-0.25, -0.2) is 4.79 Å². The van der Waals surface area contributed by atoms with Crippen LogP contribution in [0.2, 0.25) is 0 Å². The van der Waals surface area contributed by atoms with Crippen LogP contribution in [0.1, 0.15) is 27.9 Å². The summed E-state index contributed by atoms with van der Waals surface area (Å²) in [4.78, 5) is 25.8. The van der Waals surface area contributed by atoms with Crippen LogP contribution in [-0.4, -0.2) is 38.2 Å². The lowest BCUT2D eigenvalue weighted by Gasteiger charge is -2.15. The average molecular weight is 365 g/mol. The van der Waals surface area contributed by atoms with E-state index in [1.165, 1.54) is 17.5 Å². The molecule has 2 aromatic rings. The summed E-state index contributed by atoms with van der Waals surface area (Å²) in [6, 6.07) is 13.2. The Morgan fingerprint density at radius 3 is 2.89 bits per heavy atom. The number of fused-ring (bicyclic) bond motifs is 1. The predicted octanol–water partition coefficient (Wildman–Crippen LogP) is 2.51. The molecule has 1 fully saturated rings. The molecular formula is C21H23N3O3. The molecule has 27 heavy (non-hydrogen) atoms. The molecular weight excluding hydrogens is 342 g/mol. The van der Waals surface area contributed by atoms with Crippen LogP contribution in [-0.2, 0) is 12.8 Å². The highest BCUT2D eigenvalue weighted by atomic mass is 16.5. The van der Waals surface area contributed by atoms with Gasteiger partial charge in [0.25, 0.3) is 5.91 Å². The Morgan fingerprint density at radius 2 is 2.04 bits per heavy atom. The number of hydrogen-bond acceptors (Lipinski definition) is 3. The average Bonchev–Trinajstić information content (AvgIpc) is 3.33. The van der Waals surface area contributed by atoms with Gasteiger partial charge < -0.3 is 15.4 Å². The molecule has 1 saturated heterocycles. The second-order valence-electron chi connectivity index (χ2n) is 6.82. The van der Waals surface area contributed by atoms with E-state index in [2.05, 4.69) is 22.8 Å². The maximum atomic E-state index is 12.4. The molecule has 0 atom stereocenters. The Bertz CT molecular complexity index is 866. The van der Waals surface area contributed by atoms with Crippen molar-refractivity contribution >= 4 is 17.6 Å². The molecule has 140 valence electrons. The Labute approximate surface area is 158 Å². The lowest BCUT2D eigenvalue weighted by molar-refractivity contribution is 0.0947. The molecule has 2 aliphatic rings. The number of carbonyl (C=O) groups excluding carboxylic acids is 2. The maximum Gasteiger partial charge on any atom is 0.321 e. The van der Waals surface area contributed by atoms with E-state index in [9.17, 15) is 9.59 Å². The molecule has 0 unspecified atom stereocenters. The van der Waals surface area contributed by atoms with Crippen LogP contribution in [0.5, 0.6) is 5.75 Å². The van der Waals surface area contributed by atoms with E-state index in [0.29, 0.717) is 31.8 Å². The number of carbonyl (C=O) groups is 2. The Kier molecular flexibility index (Phi) is 4.96. The van der Waals surface area contributed by atoms with E-state index in [-0.39, 0.29) is 11.9 Å². The number of amides is 3. The molecule has 6 heteroatoms. The first kappa shape index (κ1) is 17.4. The van der Waals surface area contributed by atoms with Gasteiger partial charge in [0.2, 0.25) is 0 Å². The summed E-state index contributed by atoms with van der Waals surface area (Å²) in [6.07, 6.45) is 3.49. The van der Waals surface area contributed by atoms with E-state index in [0.717, 1.165) is 24.3 Å². The fraction of sp³-hybridized carbons (Fsp3) is 0.333. The van der Waals surface area contributed by atoms with Gasteiger partial charge in [0.05, 0.1) is 6.54 Å². The lowest BCUT2D eigenvalue weighted by atomic mass is 10.1. The molecule has 2 N–H and O–H groups in total. The third kappa shape index (κ3) is 3.89. The lowest BCUT2D eigenvalue weighted by Crippen LogP contribution is -2.29. The number of benzene rings is 2. The van der Waals surface area contributed by atoms with Crippen LogP contribution in [0.4, 0.5) is 10.5 Å². The molecule has 0 spiro atoms. The zero-order valence-electron chi connectivity index (χ0n) is 15.2. The second kappa shape index (κ2) is 7.70. The topological polar surface area (TPSA) is 70.7 Å². The fourth-order valence-electron chi connectivity index (χ4n) is 3.61. The van der Waals surface area contributed by atoms with Gasteiger partial charge in [-0.1, -0.05) is 12.1 Å². The summed E-state index contributed by atoms with van der Waals surface area (Å²) in [7, 11) is 0. The van der Waals surface area contributed by atoms with Crippen LogP contribution in [0.3, 0.4) is 0 Å². The van der Waals surface area contributed by atoms with Crippen molar-refractivity contribution in [1.29, 1.82) is 0 Å². The Balaban J connectivity index is 1.29. The van der Waals surface area contributed by atoms with Gasteiger partial charge in [-0.3, -0.25) is 9.69 Å². The van der Waals surface area contributed by atoms with Crippen LogP contribution in [0.25, 0.3) is 0 Å². The smallest absolute Gasteiger partial charge is 0.321 e. The van der Waals surface area contributed by atoms with Crippen molar-refractivity contribution in [3.05, 3.63) is 59.2 Å². The van der Waals surface area contributed by atoms with Crippen molar-refractivity contribution < 1.29 is 14.3 Å². The Hall–Kier alpha value is -3.02. The molecule has 6 nitrogen and oxygen atoms in total. The monoisotopic (exact) mass is 365 g/mol. The van der Waals surface area contributed by atoms with Gasteiger partial charge in [-0.2, -0.15) is 0 Å². The molecule has 2 aromatic carbocycles. The molecule has 0 bridgehead atoms. The number of aryl methyl sites for hydroxylation is 2. The molecule has 0 aromatic heterocycles. The van der Waals surface area contributed by atoms with Gasteiger partial charge in [0, 0.05) is 24.3 Å². The van der Waals surface area contributed by atoms with Gasteiger partial charge in [-0.05, 0) is 60.7 Å². The summed E-state index contributed by atoms with van der Waals surface area (Å²) in [5, 5.41) is 5.63. The summed E-state index contributed by atoms with van der Waals surface area (Å²) < 4.78 is 5.76. The minimum atomic E-state index is -0.172. The number of anilines is 1. The molecule has 1 aliphatic carbocycles. The SMILES string of the molecule is O=C(NCCOc1ccc2c(c1)CCC2)c1cccc(N2CCNC2=O)c1. The number of ether oxygens (including phenoxy) is 1. The number of hydrogen-bond donors (Lipinski definition) is 2. The summed E-state index contributed by atoms with van der Waals surface area (Å²) in [5.41, 5.74) is 4.05. The number of urea groups is 1. The molecule has 3 amide bonds.